The summed E-state index contributed by atoms with van der Waals surface area (Å²) < 4.78 is 1.29. The molecule has 0 saturated carbocycles. The monoisotopic (exact) mass is 394 g/mol. The van der Waals surface area contributed by atoms with E-state index in [1.165, 1.54) is 35.6 Å². The summed E-state index contributed by atoms with van der Waals surface area (Å²) in [4.78, 5) is 3.93. The highest BCUT2D eigenvalue weighted by molar-refractivity contribution is 8.23. The molecule has 0 fully saturated rings. The van der Waals surface area contributed by atoms with Crippen LogP contribution in [-0.4, -0.2) is 0 Å². The summed E-state index contributed by atoms with van der Waals surface area (Å²) in [5.41, 5.74) is 3.94. The summed E-state index contributed by atoms with van der Waals surface area (Å²) in [6.07, 6.45) is 0. The van der Waals surface area contributed by atoms with Crippen LogP contribution in [0.15, 0.2) is 97.1 Å². The second-order valence-corrected chi connectivity index (χ2v) is 9.39. The number of rotatable bonds is 6. The van der Waals surface area contributed by atoms with E-state index in [1.54, 1.807) is 11.8 Å². The third kappa shape index (κ3) is 5.23. The lowest BCUT2D eigenvalue weighted by atomic mass is 10.2. The third-order valence-corrected chi connectivity index (χ3v) is 7.84. The number of hydrogen-bond acceptors (Lipinski definition) is 3. The van der Waals surface area contributed by atoms with E-state index in [1.807, 2.05) is 23.5 Å². The maximum absolute atomic E-state index is 2.29. The Balaban J connectivity index is 1.88. The number of thioether (sulfide) groups is 3. The fourth-order valence-electron chi connectivity index (χ4n) is 2.43. The van der Waals surface area contributed by atoms with Crippen molar-refractivity contribution in [3.05, 3.63) is 99.1 Å². The van der Waals surface area contributed by atoms with Crippen molar-refractivity contribution in [3.8, 4) is 0 Å². The second kappa shape index (κ2) is 9.40. The minimum Gasteiger partial charge on any atom is -0.0961 e. The summed E-state index contributed by atoms with van der Waals surface area (Å²) in [5.74, 6) is 0. The topological polar surface area (TPSA) is 0 Å². The van der Waals surface area contributed by atoms with Gasteiger partial charge in [0.2, 0.25) is 0 Å². The Bertz CT molecular complexity index is 863. The van der Waals surface area contributed by atoms with Gasteiger partial charge in [-0.3, -0.25) is 0 Å². The Labute approximate surface area is 169 Å². The average molecular weight is 395 g/mol. The van der Waals surface area contributed by atoms with Crippen LogP contribution in [0.25, 0.3) is 0 Å². The zero-order valence-corrected chi connectivity index (χ0v) is 17.7. The van der Waals surface area contributed by atoms with Gasteiger partial charge in [0.05, 0.1) is 4.24 Å². The van der Waals surface area contributed by atoms with Gasteiger partial charge in [0.15, 0.2) is 0 Å². The number of hydrogen-bond donors (Lipinski definition) is 0. The molecule has 0 heterocycles. The zero-order chi connectivity index (χ0) is 18.4. The van der Waals surface area contributed by atoms with Gasteiger partial charge >= 0.3 is 0 Å². The van der Waals surface area contributed by atoms with Crippen LogP contribution in [0.2, 0.25) is 0 Å². The van der Waals surface area contributed by atoms with Gasteiger partial charge in [-0.25, -0.2) is 0 Å². The van der Waals surface area contributed by atoms with E-state index in [4.69, 9.17) is 0 Å². The normalized spacial score (nSPS) is 10.6. The Kier molecular flexibility index (Phi) is 6.95. The first-order valence-electron chi connectivity index (χ1n) is 8.53. The third-order valence-electron chi connectivity index (χ3n) is 3.98. The molecule has 0 bridgehead atoms. The molecular weight excluding hydrogens is 372 g/mol. The Morgan fingerprint density at radius 3 is 1.38 bits per heavy atom. The molecule has 0 spiro atoms. The number of benzene rings is 3. The van der Waals surface area contributed by atoms with Gasteiger partial charge in [-0.15, -0.1) is 0 Å². The highest BCUT2D eigenvalue weighted by atomic mass is 32.2. The average Bonchev–Trinajstić information content (AvgIpc) is 2.64. The van der Waals surface area contributed by atoms with Crippen LogP contribution in [0.4, 0.5) is 0 Å². The molecule has 0 aromatic heterocycles. The molecule has 0 aliphatic carbocycles. The lowest BCUT2D eigenvalue weighted by Crippen LogP contribution is -1.82. The van der Waals surface area contributed by atoms with E-state index in [0.29, 0.717) is 0 Å². The van der Waals surface area contributed by atoms with E-state index < -0.39 is 0 Å². The smallest absolute Gasteiger partial charge is 0.0565 e. The molecule has 3 aromatic carbocycles. The minimum absolute atomic E-state index is 1.29. The summed E-state index contributed by atoms with van der Waals surface area (Å²) >= 11 is 5.50. The SMILES string of the molecule is Cc1ccccc1SC=C(Sc1ccccc1C)Sc1ccccc1C. The Morgan fingerprint density at radius 1 is 0.577 bits per heavy atom. The lowest BCUT2D eigenvalue weighted by Gasteiger charge is -2.11. The molecule has 3 heteroatoms. The molecule has 0 unspecified atom stereocenters. The summed E-state index contributed by atoms with van der Waals surface area (Å²) in [6, 6.07) is 25.7. The van der Waals surface area contributed by atoms with E-state index in [0.717, 1.165) is 0 Å². The molecule has 0 aliphatic heterocycles. The minimum atomic E-state index is 1.29. The predicted octanol–water partition coefficient (Wildman–Crippen LogP) is 8.09. The Morgan fingerprint density at radius 2 is 0.962 bits per heavy atom. The van der Waals surface area contributed by atoms with Gasteiger partial charge in [-0.2, -0.15) is 0 Å². The summed E-state index contributed by atoms with van der Waals surface area (Å²) in [5, 5.41) is 2.29. The molecule has 0 nitrogen and oxygen atoms in total. The molecule has 0 amide bonds. The van der Waals surface area contributed by atoms with Crippen molar-refractivity contribution in [3.63, 3.8) is 0 Å². The van der Waals surface area contributed by atoms with Crippen LogP contribution >= 0.6 is 35.3 Å². The Hall–Kier alpha value is -1.55. The van der Waals surface area contributed by atoms with Gasteiger partial charge in [0.1, 0.15) is 0 Å². The van der Waals surface area contributed by atoms with Gasteiger partial charge in [-0.1, -0.05) is 89.9 Å². The second-order valence-electron chi connectivity index (χ2n) is 6.06. The molecule has 26 heavy (non-hydrogen) atoms. The first-order valence-corrected chi connectivity index (χ1v) is 11.0. The molecule has 3 rings (SSSR count). The molecule has 0 aliphatic rings. The van der Waals surface area contributed by atoms with Crippen LogP contribution in [0.3, 0.4) is 0 Å². The van der Waals surface area contributed by atoms with Crippen molar-refractivity contribution < 1.29 is 0 Å². The molecule has 0 N–H and O–H groups in total. The van der Waals surface area contributed by atoms with Crippen LogP contribution in [0.1, 0.15) is 16.7 Å². The quantitative estimate of drug-likeness (QED) is 0.388. The summed E-state index contributed by atoms with van der Waals surface area (Å²) in [7, 11) is 0. The maximum atomic E-state index is 2.29. The fraction of sp³-hybridized carbons (Fsp3) is 0.130. The van der Waals surface area contributed by atoms with E-state index in [9.17, 15) is 0 Å². The molecule has 0 saturated heterocycles. The summed E-state index contributed by atoms with van der Waals surface area (Å²) in [6.45, 7) is 6.51. The van der Waals surface area contributed by atoms with Crippen molar-refractivity contribution in [1.29, 1.82) is 0 Å². The van der Waals surface area contributed by atoms with Gasteiger partial charge in [0.25, 0.3) is 0 Å². The van der Waals surface area contributed by atoms with Crippen molar-refractivity contribution in [1.82, 2.24) is 0 Å². The van der Waals surface area contributed by atoms with E-state index in [2.05, 4.69) is 99.0 Å². The molecule has 0 radical (unpaired) electrons. The number of aryl methyl sites for hydroxylation is 3. The standard InChI is InChI=1S/C23H22S3/c1-17-10-4-7-13-20(17)24-16-23(25-21-14-8-5-11-18(21)2)26-22-15-9-6-12-19(22)3/h4-16H,1-3H3. The first kappa shape index (κ1) is 19.2. The zero-order valence-electron chi connectivity index (χ0n) is 15.2. The van der Waals surface area contributed by atoms with Crippen molar-refractivity contribution in [2.75, 3.05) is 0 Å². The molecule has 0 atom stereocenters. The van der Waals surface area contributed by atoms with Crippen molar-refractivity contribution in [2.45, 2.75) is 35.5 Å². The van der Waals surface area contributed by atoms with Crippen LogP contribution in [-0.2, 0) is 0 Å². The predicted molar refractivity (Wildman–Crippen MR) is 119 cm³/mol. The van der Waals surface area contributed by atoms with Crippen LogP contribution in [0.5, 0.6) is 0 Å². The lowest BCUT2D eigenvalue weighted by molar-refractivity contribution is 1.30. The van der Waals surface area contributed by atoms with Crippen LogP contribution < -0.4 is 0 Å². The van der Waals surface area contributed by atoms with Crippen molar-refractivity contribution in [2.24, 2.45) is 0 Å². The van der Waals surface area contributed by atoms with Crippen LogP contribution in [0, 0.1) is 20.8 Å². The largest absolute Gasteiger partial charge is 0.0961 e. The maximum Gasteiger partial charge on any atom is 0.0565 e. The van der Waals surface area contributed by atoms with Gasteiger partial charge in [0, 0.05) is 14.7 Å². The first-order chi connectivity index (χ1) is 12.6. The van der Waals surface area contributed by atoms with Crippen molar-refractivity contribution >= 4 is 35.3 Å². The van der Waals surface area contributed by atoms with Gasteiger partial charge in [-0.05, 0) is 61.1 Å². The highest BCUT2D eigenvalue weighted by Crippen LogP contribution is 2.43. The van der Waals surface area contributed by atoms with E-state index >= 15 is 0 Å². The fourth-order valence-corrected chi connectivity index (χ4v) is 5.63. The highest BCUT2D eigenvalue weighted by Gasteiger charge is 2.08. The van der Waals surface area contributed by atoms with E-state index in [-0.39, 0.29) is 0 Å². The molecular formula is C23H22S3. The molecule has 132 valence electrons. The molecule has 3 aromatic rings. The van der Waals surface area contributed by atoms with Gasteiger partial charge < -0.3 is 0 Å².